The van der Waals surface area contributed by atoms with Crippen LogP contribution in [0.3, 0.4) is 0 Å². The van der Waals surface area contributed by atoms with Crippen LogP contribution in [0.2, 0.25) is 0 Å². The molecule has 0 aliphatic heterocycles. The first-order chi connectivity index (χ1) is 11.4. The highest BCUT2D eigenvalue weighted by molar-refractivity contribution is 7.86. The molecule has 0 aromatic carbocycles. The molecule has 0 amide bonds. The lowest BCUT2D eigenvalue weighted by atomic mass is 10.0. The molecule has 0 bridgehead atoms. The average molecular weight is 365 g/mol. The van der Waals surface area contributed by atoms with Crippen LogP contribution in [0.4, 0.5) is 0 Å². The van der Waals surface area contributed by atoms with Gasteiger partial charge in [-0.05, 0) is 19.3 Å². The fourth-order valence-electron chi connectivity index (χ4n) is 3.12. The second kappa shape index (κ2) is 15.2. The zero-order chi connectivity index (χ0) is 18.3. The molecule has 0 aliphatic rings. The van der Waals surface area contributed by atoms with Gasteiger partial charge < -0.3 is 5.11 Å². The van der Waals surface area contributed by atoms with E-state index in [4.69, 9.17) is 0 Å². The molecule has 0 saturated heterocycles. The minimum atomic E-state index is -4.06. The second-order valence-electron chi connectivity index (χ2n) is 7.14. The molecule has 24 heavy (non-hydrogen) atoms. The van der Waals surface area contributed by atoms with Crippen molar-refractivity contribution in [2.24, 2.45) is 0 Å². The van der Waals surface area contributed by atoms with E-state index in [9.17, 15) is 18.1 Å². The molecule has 2 atom stereocenters. The van der Waals surface area contributed by atoms with Crippen LogP contribution < -0.4 is 0 Å². The number of hydrogen-bond acceptors (Lipinski definition) is 3. The third-order valence-corrected chi connectivity index (χ3v) is 6.00. The summed E-state index contributed by atoms with van der Waals surface area (Å²) in [4.78, 5) is 0. The molecule has 4 nitrogen and oxygen atoms in total. The Hall–Kier alpha value is -0.130. The van der Waals surface area contributed by atoms with Crippen molar-refractivity contribution in [3.63, 3.8) is 0 Å². The molecular formula is C19H40O4S. The number of aliphatic hydroxyl groups is 1. The van der Waals surface area contributed by atoms with Crippen LogP contribution >= 0.6 is 0 Å². The molecule has 0 saturated carbocycles. The number of hydrogen-bond donors (Lipinski definition) is 2. The Labute approximate surface area is 150 Å². The highest BCUT2D eigenvalue weighted by atomic mass is 32.2. The quantitative estimate of drug-likeness (QED) is 0.264. The molecule has 0 spiro atoms. The lowest BCUT2D eigenvalue weighted by Crippen LogP contribution is -2.26. The molecule has 0 aromatic heterocycles. The van der Waals surface area contributed by atoms with Gasteiger partial charge in [0.15, 0.2) is 0 Å². The Kier molecular flexibility index (Phi) is 15.1. The van der Waals surface area contributed by atoms with Gasteiger partial charge in [-0.2, -0.15) is 8.42 Å². The fraction of sp³-hybridized carbons (Fsp3) is 1.00. The van der Waals surface area contributed by atoms with Crippen molar-refractivity contribution in [1.29, 1.82) is 0 Å². The third kappa shape index (κ3) is 14.2. The van der Waals surface area contributed by atoms with E-state index in [2.05, 4.69) is 13.8 Å². The summed E-state index contributed by atoms with van der Waals surface area (Å²) in [6.07, 6.45) is 14.1. The summed E-state index contributed by atoms with van der Waals surface area (Å²) < 4.78 is 32.4. The van der Waals surface area contributed by atoms with Gasteiger partial charge in [0, 0.05) is 0 Å². The molecule has 146 valence electrons. The van der Waals surface area contributed by atoms with Crippen molar-refractivity contribution in [3.05, 3.63) is 0 Å². The molecule has 0 heterocycles. The summed E-state index contributed by atoms with van der Waals surface area (Å²) >= 11 is 0. The second-order valence-corrected chi connectivity index (χ2v) is 8.84. The maximum Gasteiger partial charge on any atom is 0.267 e. The normalized spacial score (nSPS) is 14.7. The predicted octanol–water partition coefficient (Wildman–Crippen LogP) is 5.50. The summed E-state index contributed by atoms with van der Waals surface area (Å²) in [5, 5.41) is 9.28. The van der Waals surface area contributed by atoms with E-state index in [0.717, 1.165) is 32.1 Å². The van der Waals surface area contributed by atoms with Gasteiger partial charge in [-0.15, -0.1) is 0 Å². The SMILES string of the molecule is CCCCCCCCC(O)CC(CCCCCCCC)S(=O)(=O)O. The van der Waals surface area contributed by atoms with Crippen molar-refractivity contribution < 1.29 is 18.1 Å². The minimum absolute atomic E-state index is 0.169. The van der Waals surface area contributed by atoms with Crippen LogP contribution in [0.15, 0.2) is 0 Å². The zero-order valence-electron chi connectivity index (χ0n) is 15.9. The van der Waals surface area contributed by atoms with E-state index in [1.54, 1.807) is 0 Å². The first-order valence-corrected chi connectivity index (χ1v) is 11.6. The minimum Gasteiger partial charge on any atom is -0.393 e. The van der Waals surface area contributed by atoms with E-state index >= 15 is 0 Å². The fourth-order valence-corrected chi connectivity index (χ4v) is 4.05. The molecule has 2 N–H and O–H groups in total. The van der Waals surface area contributed by atoms with E-state index in [1.165, 1.54) is 44.9 Å². The summed E-state index contributed by atoms with van der Waals surface area (Å²) in [6, 6.07) is 0. The Balaban J connectivity index is 3.96. The first-order valence-electron chi connectivity index (χ1n) is 10.1. The van der Waals surface area contributed by atoms with Crippen molar-refractivity contribution in [2.45, 2.75) is 122 Å². The molecule has 0 aromatic rings. The molecule has 5 heteroatoms. The van der Waals surface area contributed by atoms with E-state index < -0.39 is 21.5 Å². The monoisotopic (exact) mass is 364 g/mol. The van der Waals surface area contributed by atoms with Gasteiger partial charge in [0.05, 0.1) is 11.4 Å². The first kappa shape index (κ1) is 23.9. The lowest BCUT2D eigenvalue weighted by molar-refractivity contribution is 0.146. The number of rotatable bonds is 17. The van der Waals surface area contributed by atoms with Crippen LogP contribution in [0, 0.1) is 0 Å². The van der Waals surface area contributed by atoms with Gasteiger partial charge in [0.1, 0.15) is 0 Å². The molecule has 0 aliphatic carbocycles. The zero-order valence-corrected chi connectivity index (χ0v) is 16.7. The summed E-state index contributed by atoms with van der Waals surface area (Å²) in [5.41, 5.74) is 0. The van der Waals surface area contributed by atoms with Crippen LogP contribution in [0.5, 0.6) is 0 Å². The summed E-state index contributed by atoms with van der Waals surface area (Å²) in [5.74, 6) is 0. The maximum absolute atomic E-state index is 11.5. The third-order valence-electron chi connectivity index (χ3n) is 4.73. The summed E-state index contributed by atoms with van der Waals surface area (Å²) in [7, 11) is -4.06. The smallest absolute Gasteiger partial charge is 0.267 e. The van der Waals surface area contributed by atoms with Gasteiger partial charge in [-0.25, -0.2) is 0 Å². The highest BCUT2D eigenvalue weighted by Crippen LogP contribution is 2.19. The molecule has 2 unspecified atom stereocenters. The average Bonchev–Trinajstić information content (AvgIpc) is 2.52. The van der Waals surface area contributed by atoms with Gasteiger partial charge >= 0.3 is 0 Å². The Bertz CT molecular complexity index is 368. The molecule has 0 fully saturated rings. The van der Waals surface area contributed by atoms with E-state index in [1.807, 2.05) is 0 Å². The molecule has 0 radical (unpaired) electrons. The van der Waals surface area contributed by atoms with Crippen molar-refractivity contribution in [2.75, 3.05) is 0 Å². The highest BCUT2D eigenvalue weighted by Gasteiger charge is 2.25. The summed E-state index contributed by atoms with van der Waals surface area (Å²) in [6.45, 7) is 4.35. The van der Waals surface area contributed by atoms with Crippen molar-refractivity contribution in [3.8, 4) is 0 Å². The topological polar surface area (TPSA) is 74.6 Å². The van der Waals surface area contributed by atoms with Crippen LogP contribution in [-0.2, 0) is 10.1 Å². The number of aliphatic hydroxyl groups excluding tert-OH is 1. The Morgan fingerprint density at radius 1 is 0.708 bits per heavy atom. The molecule has 0 rings (SSSR count). The van der Waals surface area contributed by atoms with Crippen LogP contribution in [0.25, 0.3) is 0 Å². The van der Waals surface area contributed by atoms with Gasteiger partial charge in [-0.1, -0.05) is 90.9 Å². The van der Waals surface area contributed by atoms with E-state index in [0.29, 0.717) is 12.8 Å². The molecular weight excluding hydrogens is 324 g/mol. The Morgan fingerprint density at radius 3 is 1.58 bits per heavy atom. The van der Waals surface area contributed by atoms with Gasteiger partial charge in [-0.3, -0.25) is 4.55 Å². The predicted molar refractivity (Wildman–Crippen MR) is 102 cm³/mol. The number of unbranched alkanes of at least 4 members (excludes halogenated alkanes) is 10. The maximum atomic E-state index is 11.5. The lowest BCUT2D eigenvalue weighted by Gasteiger charge is -2.18. The van der Waals surface area contributed by atoms with Crippen molar-refractivity contribution >= 4 is 10.1 Å². The Morgan fingerprint density at radius 2 is 1.12 bits per heavy atom. The standard InChI is InChI=1S/C19H40O4S/c1-3-5-7-9-11-13-15-18(20)17-19(24(21,22)23)16-14-12-10-8-6-4-2/h18-20H,3-17H2,1-2H3,(H,21,22,23). The van der Waals surface area contributed by atoms with Crippen LogP contribution in [-0.4, -0.2) is 29.4 Å². The van der Waals surface area contributed by atoms with E-state index in [-0.39, 0.29) is 6.42 Å². The largest absolute Gasteiger partial charge is 0.393 e. The van der Waals surface area contributed by atoms with Gasteiger partial charge in [0.2, 0.25) is 0 Å². The van der Waals surface area contributed by atoms with Crippen LogP contribution in [0.1, 0.15) is 110 Å². The van der Waals surface area contributed by atoms with Crippen molar-refractivity contribution in [1.82, 2.24) is 0 Å². The van der Waals surface area contributed by atoms with Gasteiger partial charge in [0.25, 0.3) is 10.1 Å².